The Kier molecular flexibility index (Phi) is 14.7. The van der Waals surface area contributed by atoms with Gasteiger partial charge < -0.3 is 59.3 Å². The molecule has 1 saturated carbocycles. The summed E-state index contributed by atoms with van der Waals surface area (Å²) in [4.78, 5) is 47.5. The third kappa shape index (κ3) is 11.0. The molecule has 2 bridgehead atoms. The number of fused-ring (bicyclic) bond motifs is 2. The first kappa shape index (κ1) is 51.6. The number of carbonyl (C=O) groups is 2. The van der Waals surface area contributed by atoms with Gasteiger partial charge in [0.25, 0.3) is 5.88 Å². The van der Waals surface area contributed by atoms with E-state index in [2.05, 4.69) is 51.5 Å². The Morgan fingerprint density at radius 2 is 1.64 bits per heavy atom. The second-order valence-corrected chi connectivity index (χ2v) is 21.0. The van der Waals surface area contributed by atoms with Gasteiger partial charge in [0.1, 0.15) is 48.1 Å². The number of phenols is 1. The van der Waals surface area contributed by atoms with Crippen molar-refractivity contribution in [2.75, 3.05) is 41.8 Å². The molecule has 78 heavy (non-hydrogen) atoms. The van der Waals surface area contributed by atoms with Gasteiger partial charge in [0.05, 0.1) is 35.4 Å². The number of nitrogens with one attached hydrogen (secondary N) is 1. The summed E-state index contributed by atoms with van der Waals surface area (Å²) < 4.78 is 26.1. The summed E-state index contributed by atoms with van der Waals surface area (Å²) in [6, 6.07) is 25.7. The molecule has 2 aromatic carbocycles. The number of carbonyl (C=O) groups excluding carboxylic acids is 2. The van der Waals surface area contributed by atoms with Crippen LogP contribution in [0.15, 0.2) is 120 Å². The van der Waals surface area contributed by atoms with Crippen molar-refractivity contribution in [1.29, 1.82) is 0 Å². The Hall–Kier alpha value is -8.52. The maximum absolute atomic E-state index is 14.2. The molecule has 4 aliphatic rings. The van der Waals surface area contributed by atoms with Crippen LogP contribution in [0.2, 0.25) is 0 Å². The van der Waals surface area contributed by atoms with Crippen LogP contribution in [0.5, 0.6) is 23.3 Å². The largest absolute Gasteiger partial charge is 0.507 e. The quantitative estimate of drug-likeness (QED) is 0.0662. The van der Waals surface area contributed by atoms with Gasteiger partial charge in [0, 0.05) is 98.6 Å². The topological polar surface area (TPSA) is 245 Å². The standard InChI is InChI=1S/C58H64N12O8/c1-34(2)55(58(74)69-33-43(71)25-50(69)57(73)63-35(3)37-11-14-39(15-12-37)68-22-21-60-36(68)4)52-29-54(66-78-52)75-23-7-8-38-13-18-44(30-62-38)76-45-26-46(27-45)77-53-24-40(19-20-61-53)70-41-16-17-42(70)32-67(31-41)49-28-48(64-65-56(49)59)47-9-5-6-10-51(47)72/h5-15,18-22,24,28-30,34-35,41-43,45-46,50,55,71-72H,16-17,23,25-27,31-33H2,1-4H3,(H2,59,65)(H,63,73)/b8-7+/t35-,41+,42?,43+,45?,46?,50-,55-/m0/s1. The molecule has 0 spiro atoms. The third-order valence-corrected chi connectivity index (χ3v) is 15.3. The second kappa shape index (κ2) is 22.2. The van der Waals surface area contributed by atoms with Crippen LogP contribution >= 0.6 is 0 Å². The van der Waals surface area contributed by atoms with Crippen molar-refractivity contribution >= 4 is 35.1 Å². The number of piperazine rings is 1. The summed E-state index contributed by atoms with van der Waals surface area (Å²) in [5.41, 5.74) is 12.1. The molecule has 20 nitrogen and oxygen atoms in total. The summed E-state index contributed by atoms with van der Waals surface area (Å²) in [6.45, 7) is 9.36. The first-order chi connectivity index (χ1) is 37.8. The number of aromatic nitrogens is 7. The fourth-order valence-corrected chi connectivity index (χ4v) is 11.2. The molecule has 7 aromatic rings. The van der Waals surface area contributed by atoms with Gasteiger partial charge in [-0.1, -0.05) is 38.1 Å². The highest BCUT2D eigenvalue weighted by Crippen LogP contribution is 2.41. The SMILES string of the molecule is Cc1nccn1-c1ccc([C@H](C)NC(=O)[C@@H]2C[C@@H](O)CN2C(=O)[C@H](c2cc(OC/C=C/c3ccc(OC4CC(Oc5cc(N6C7CC[C@@H]6CN(c6cc(-c8ccccc8O)nnc6N)C7)ccn5)C4)cn3)no2)C(C)C)cc1. The molecule has 6 atom stereocenters. The Morgan fingerprint density at radius 3 is 2.37 bits per heavy atom. The zero-order valence-corrected chi connectivity index (χ0v) is 44.0. The van der Waals surface area contributed by atoms with E-state index >= 15 is 0 Å². The minimum Gasteiger partial charge on any atom is -0.507 e. The minimum absolute atomic E-state index is 0.0110. The van der Waals surface area contributed by atoms with E-state index in [0.717, 1.165) is 67.2 Å². The number of hydrogen-bond donors (Lipinski definition) is 4. The lowest BCUT2D eigenvalue weighted by Gasteiger charge is -2.43. The van der Waals surface area contributed by atoms with E-state index in [0.29, 0.717) is 40.2 Å². The van der Waals surface area contributed by atoms with Crippen molar-refractivity contribution in [2.45, 2.75) is 108 Å². The number of para-hydroxylation sites is 1. The predicted octanol–water partition coefficient (Wildman–Crippen LogP) is 7.22. The van der Waals surface area contributed by atoms with Crippen molar-refractivity contribution in [3.63, 3.8) is 0 Å². The van der Waals surface area contributed by atoms with Crippen molar-refractivity contribution < 1.29 is 38.5 Å². The number of nitrogen functional groups attached to an aromatic ring is 1. The lowest BCUT2D eigenvalue weighted by Crippen LogP contribution is -2.54. The number of pyridine rings is 2. The number of rotatable bonds is 18. The number of nitrogens with zero attached hydrogens (tertiary/aromatic N) is 10. The second-order valence-electron chi connectivity index (χ2n) is 21.0. The molecule has 1 unspecified atom stereocenters. The molecule has 0 radical (unpaired) electrons. The zero-order chi connectivity index (χ0) is 54.0. The zero-order valence-electron chi connectivity index (χ0n) is 44.0. The molecule has 5 N–H and O–H groups in total. The minimum atomic E-state index is -0.856. The fraction of sp³-hybridized carbons (Fsp3) is 0.379. The monoisotopic (exact) mass is 1060 g/mol. The number of nitrogens with two attached hydrogens (primary N) is 1. The van der Waals surface area contributed by atoms with E-state index in [-0.39, 0.29) is 79.3 Å². The van der Waals surface area contributed by atoms with Crippen LogP contribution in [0.3, 0.4) is 0 Å². The fourth-order valence-electron chi connectivity index (χ4n) is 11.2. The molecular formula is C58H64N12O8. The Balaban J connectivity index is 0.623. The number of hydrogen-bond acceptors (Lipinski definition) is 17. The number of aryl methyl sites for hydroxylation is 1. The molecule has 5 aromatic heterocycles. The number of aromatic hydroxyl groups is 1. The van der Waals surface area contributed by atoms with Crippen LogP contribution in [0.4, 0.5) is 17.2 Å². The molecule has 1 aliphatic carbocycles. The number of benzene rings is 2. The van der Waals surface area contributed by atoms with Gasteiger partial charge in [-0.15, -0.1) is 10.2 Å². The first-order valence-electron chi connectivity index (χ1n) is 26.7. The Morgan fingerprint density at radius 1 is 0.859 bits per heavy atom. The number of aliphatic hydroxyl groups is 1. The van der Waals surface area contributed by atoms with Crippen LogP contribution in [0.1, 0.15) is 87.7 Å². The summed E-state index contributed by atoms with van der Waals surface area (Å²) in [7, 11) is 0. The van der Waals surface area contributed by atoms with Crippen LogP contribution in [0, 0.1) is 12.8 Å². The van der Waals surface area contributed by atoms with Crippen LogP contribution in [-0.4, -0.2) is 124 Å². The Bertz CT molecular complexity index is 3250. The number of imidazole rings is 1. The Labute approximate surface area is 451 Å². The number of likely N-dealkylation sites (tertiary alicyclic amines) is 1. The van der Waals surface area contributed by atoms with E-state index in [1.165, 1.54) is 4.90 Å². The van der Waals surface area contributed by atoms with Crippen molar-refractivity contribution in [3.05, 3.63) is 139 Å². The molecule has 20 heteroatoms. The number of aliphatic hydroxyl groups excluding tert-OH is 1. The van der Waals surface area contributed by atoms with Gasteiger partial charge in [-0.05, 0) is 104 Å². The van der Waals surface area contributed by atoms with Crippen LogP contribution < -0.4 is 35.1 Å². The third-order valence-electron chi connectivity index (χ3n) is 15.3. The van der Waals surface area contributed by atoms with Gasteiger partial charge in [-0.25, -0.2) is 9.97 Å². The van der Waals surface area contributed by atoms with Gasteiger partial charge in [0.2, 0.25) is 17.7 Å². The van der Waals surface area contributed by atoms with E-state index < -0.39 is 18.1 Å². The van der Waals surface area contributed by atoms with Gasteiger partial charge in [0.15, 0.2) is 11.6 Å². The van der Waals surface area contributed by atoms with Crippen LogP contribution in [0.25, 0.3) is 23.0 Å². The highest BCUT2D eigenvalue weighted by Gasteiger charge is 2.44. The molecular weight excluding hydrogens is 993 g/mol. The van der Waals surface area contributed by atoms with Gasteiger partial charge >= 0.3 is 0 Å². The molecule has 11 rings (SSSR count). The van der Waals surface area contributed by atoms with Gasteiger partial charge in [-0.3, -0.25) is 14.6 Å². The molecule has 2 amide bonds. The lowest BCUT2D eigenvalue weighted by molar-refractivity contribution is -0.141. The average molecular weight is 1060 g/mol. The number of anilines is 3. The molecule has 404 valence electrons. The molecule has 3 aliphatic heterocycles. The summed E-state index contributed by atoms with van der Waals surface area (Å²) in [5, 5.41) is 36.8. The van der Waals surface area contributed by atoms with Crippen LogP contribution in [-0.2, 0) is 9.59 Å². The predicted molar refractivity (Wildman–Crippen MR) is 291 cm³/mol. The smallest absolute Gasteiger partial charge is 0.254 e. The molecule has 3 saturated heterocycles. The van der Waals surface area contributed by atoms with Gasteiger partial charge in [-0.2, -0.15) is 0 Å². The highest BCUT2D eigenvalue weighted by molar-refractivity contribution is 5.91. The molecule has 4 fully saturated rings. The van der Waals surface area contributed by atoms with E-state index in [1.54, 1.807) is 36.7 Å². The maximum atomic E-state index is 14.2. The van der Waals surface area contributed by atoms with E-state index in [1.807, 2.05) is 111 Å². The van der Waals surface area contributed by atoms with Crippen molar-refractivity contribution in [1.82, 2.24) is 45.1 Å². The number of ether oxygens (including phenoxy) is 3. The van der Waals surface area contributed by atoms with E-state index in [4.69, 9.17) is 24.5 Å². The first-order valence-corrected chi connectivity index (χ1v) is 26.7. The van der Waals surface area contributed by atoms with Crippen molar-refractivity contribution in [3.8, 4) is 40.2 Å². The molecule has 8 heterocycles. The van der Waals surface area contributed by atoms with Crippen molar-refractivity contribution in [2.24, 2.45) is 5.92 Å². The lowest BCUT2D eigenvalue weighted by atomic mass is 9.91. The van der Waals surface area contributed by atoms with E-state index in [9.17, 15) is 19.8 Å². The number of amides is 2. The number of phenolic OH excluding ortho intramolecular Hbond substituents is 1. The normalized spacial score (nSPS) is 21.6. The average Bonchev–Trinajstić information content (AvgIpc) is 4.28. The summed E-state index contributed by atoms with van der Waals surface area (Å²) >= 11 is 0. The maximum Gasteiger partial charge on any atom is 0.254 e. The highest BCUT2D eigenvalue weighted by atomic mass is 16.5. The number of β-amino-alcohol motifs (C(OH)–C–C–N with tert-alkyl or cyclic N) is 1. The summed E-state index contributed by atoms with van der Waals surface area (Å²) in [6.07, 6.45) is 13.6. The summed E-state index contributed by atoms with van der Waals surface area (Å²) in [5.74, 6) is 1.53.